The Kier molecular flexibility index (Phi) is 2.82. The van der Waals surface area contributed by atoms with Gasteiger partial charge < -0.3 is 10.4 Å². The lowest BCUT2D eigenvalue weighted by molar-refractivity contribution is 0.292. The van der Waals surface area contributed by atoms with Crippen LogP contribution in [0.3, 0.4) is 0 Å². The number of aryl methyl sites for hydroxylation is 1. The summed E-state index contributed by atoms with van der Waals surface area (Å²) in [5.41, 5.74) is 1.92. The monoisotopic (exact) mass is 206 g/mol. The van der Waals surface area contributed by atoms with Gasteiger partial charge in [-0.3, -0.25) is 5.10 Å². The van der Waals surface area contributed by atoms with E-state index in [2.05, 4.69) is 20.5 Å². The van der Waals surface area contributed by atoms with E-state index in [4.69, 9.17) is 5.11 Å². The number of hydrogen-bond donors (Lipinski definition) is 3. The molecule has 0 radical (unpaired) electrons. The molecule has 0 aliphatic carbocycles. The molecule has 0 atom stereocenters. The van der Waals surface area contributed by atoms with Gasteiger partial charge in [0.25, 0.3) is 0 Å². The van der Waals surface area contributed by atoms with Gasteiger partial charge in [0.05, 0.1) is 10.9 Å². The lowest BCUT2D eigenvalue weighted by atomic mass is 10.2. The Labute approximate surface area is 87.5 Å². The highest BCUT2D eigenvalue weighted by atomic mass is 16.3. The Morgan fingerprint density at radius 3 is 3.20 bits per heavy atom. The quantitative estimate of drug-likeness (QED) is 0.654. The first-order valence-corrected chi connectivity index (χ1v) is 4.97. The highest BCUT2D eigenvalue weighted by Crippen LogP contribution is 2.21. The first-order valence-electron chi connectivity index (χ1n) is 4.97. The van der Waals surface area contributed by atoms with E-state index in [0.717, 1.165) is 28.8 Å². The molecular formula is C10H14N4O. The normalized spacial score (nSPS) is 10.8. The van der Waals surface area contributed by atoms with Gasteiger partial charge in [-0.05, 0) is 19.4 Å². The molecule has 0 unspecified atom stereocenters. The molecule has 0 spiro atoms. The van der Waals surface area contributed by atoms with Crippen molar-refractivity contribution in [1.82, 2.24) is 15.2 Å². The molecule has 15 heavy (non-hydrogen) atoms. The first-order chi connectivity index (χ1) is 7.33. The Hall–Kier alpha value is -1.62. The summed E-state index contributed by atoms with van der Waals surface area (Å²) >= 11 is 0. The summed E-state index contributed by atoms with van der Waals surface area (Å²) in [5.74, 6) is 0.826. The van der Waals surface area contributed by atoms with Crippen molar-refractivity contribution in [1.29, 1.82) is 0 Å². The van der Waals surface area contributed by atoms with Gasteiger partial charge in [0.1, 0.15) is 5.82 Å². The topological polar surface area (TPSA) is 73.8 Å². The molecule has 0 aromatic carbocycles. The molecule has 0 saturated carbocycles. The summed E-state index contributed by atoms with van der Waals surface area (Å²) in [6.45, 7) is 2.87. The summed E-state index contributed by atoms with van der Waals surface area (Å²) < 4.78 is 0. The number of aromatic nitrogens is 3. The van der Waals surface area contributed by atoms with Gasteiger partial charge in [-0.2, -0.15) is 5.10 Å². The van der Waals surface area contributed by atoms with E-state index < -0.39 is 0 Å². The molecule has 0 aliphatic heterocycles. The number of aliphatic hydroxyl groups excluding tert-OH is 1. The fourth-order valence-electron chi connectivity index (χ4n) is 1.53. The molecular weight excluding hydrogens is 192 g/mol. The zero-order chi connectivity index (χ0) is 10.7. The number of aromatic amines is 1. The van der Waals surface area contributed by atoms with Crippen molar-refractivity contribution in [2.24, 2.45) is 0 Å². The predicted molar refractivity (Wildman–Crippen MR) is 58.8 cm³/mol. The van der Waals surface area contributed by atoms with Crippen molar-refractivity contribution in [2.75, 3.05) is 18.5 Å². The minimum Gasteiger partial charge on any atom is -0.396 e. The summed E-state index contributed by atoms with van der Waals surface area (Å²) in [5, 5.41) is 20.0. The van der Waals surface area contributed by atoms with Crippen molar-refractivity contribution >= 4 is 16.7 Å². The van der Waals surface area contributed by atoms with Gasteiger partial charge in [-0.1, -0.05) is 0 Å². The van der Waals surface area contributed by atoms with Gasteiger partial charge in [-0.25, -0.2) is 4.98 Å². The largest absolute Gasteiger partial charge is 0.396 e. The van der Waals surface area contributed by atoms with Gasteiger partial charge in [0.2, 0.25) is 0 Å². The van der Waals surface area contributed by atoms with Crippen molar-refractivity contribution in [3.05, 3.63) is 18.0 Å². The molecule has 0 fully saturated rings. The molecule has 0 aliphatic rings. The molecule has 2 heterocycles. The average Bonchev–Trinajstić information content (AvgIpc) is 2.62. The van der Waals surface area contributed by atoms with Crippen molar-refractivity contribution in [3.63, 3.8) is 0 Å². The zero-order valence-corrected chi connectivity index (χ0v) is 8.62. The van der Waals surface area contributed by atoms with E-state index >= 15 is 0 Å². The number of aliphatic hydroxyl groups is 1. The molecule has 3 N–H and O–H groups in total. The smallest absolute Gasteiger partial charge is 0.137 e. The second-order valence-corrected chi connectivity index (χ2v) is 3.41. The van der Waals surface area contributed by atoms with Crippen LogP contribution in [-0.4, -0.2) is 33.4 Å². The van der Waals surface area contributed by atoms with Crippen molar-refractivity contribution < 1.29 is 5.11 Å². The molecule has 2 rings (SSSR count). The molecule has 2 aromatic rings. The lowest BCUT2D eigenvalue weighted by Crippen LogP contribution is -2.05. The number of rotatable bonds is 4. The summed E-state index contributed by atoms with van der Waals surface area (Å²) in [6.07, 6.45) is 2.44. The van der Waals surface area contributed by atoms with Crippen LogP contribution in [0.5, 0.6) is 0 Å². The van der Waals surface area contributed by atoms with Crippen LogP contribution in [0.4, 0.5) is 5.82 Å². The summed E-state index contributed by atoms with van der Waals surface area (Å²) in [6, 6.07) is 1.87. The van der Waals surface area contributed by atoms with E-state index in [9.17, 15) is 0 Å². The number of nitrogens with zero attached hydrogens (tertiary/aromatic N) is 2. The average molecular weight is 206 g/mol. The number of H-pyrrole nitrogens is 1. The van der Waals surface area contributed by atoms with Gasteiger partial charge >= 0.3 is 0 Å². The highest BCUT2D eigenvalue weighted by Gasteiger charge is 2.06. The van der Waals surface area contributed by atoms with Crippen LogP contribution in [0.15, 0.2) is 12.3 Å². The fourth-order valence-corrected chi connectivity index (χ4v) is 1.53. The predicted octanol–water partition coefficient (Wildman–Crippen LogP) is 1.06. The molecule has 2 aromatic heterocycles. The molecule has 5 nitrogen and oxygen atoms in total. The minimum atomic E-state index is 0.188. The minimum absolute atomic E-state index is 0.188. The van der Waals surface area contributed by atoms with Crippen molar-refractivity contribution in [3.8, 4) is 0 Å². The van der Waals surface area contributed by atoms with Crippen LogP contribution in [0.25, 0.3) is 10.9 Å². The number of hydrogen-bond acceptors (Lipinski definition) is 4. The van der Waals surface area contributed by atoms with E-state index in [1.807, 2.05) is 13.0 Å². The standard InChI is InChI=1S/C10H14N4O/c1-7-9-8(14-13-7)3-5-12-10(9)11-4-2-6-15/h3,5,15H,2,4,6H2,1H3,(H,11,12)(H,13,14). The maximum atomic E-state index is 8.69. The number of nitrogens with one attached hydrogen (secondary N) is 2. The first kappa shape index (κ1) is 9.92. The summed E-state index contributed by atoms with van der Waals surface area (Å²) in [4.78, 5) is 4.26. The third kappa shape index (κ3) is 1.92. The molecule has 0 saturated heterocycles. The SMILES string of the molecule is Cc1[nH]nc2ccnc(NCCCO)c12. The number of pyridine rings is 1. The third-order valence-electron chi connectivity index (χ3n) is 2.28. The van der Waals surface area contributed by atoms with E-state index in [-0.39, 0.29) is 6.61 Å². The lowest BCUT2D eigenvalue weighted by Gasteiger charge is -2.05. The van der Waals surface area contributed by atoms with Crippen LogP contribution in [-0.2, 0) is 0 Å². The second kappa shape index (κ2) is 4.27. The zero-order valence-electron chi connectivity index (χ0n) is 8.62. The van der Waals surface area contributed by atoms with Crippen molar-refractivity contribution in [2.45, 2.75) is 13.3 Å². The maximum absolute atomic E-state index is 8.69. The van der Waals surface area contributed by atoms with Crippen LogP contribution >= 0.6 is 0 Å². The third-order valence-corrected chi connectivity index (χ3v) is 2.28. The van der Waals surface area contributed by atoms with Crippen LogP contribution in [0, 0.1) is 6.92 Å². The van der Waals surface area contributed by atoms with E-state index in [1.54, 1.807) is 6.20 Å². The molecule has 80 valence electrons. The second-order valence-electron chi connectivity index (χ2n) is 3.41. The Balaban J connectivity index is 2.29. The number of anilines is 1. The molecule has 0 amide bonds. The highest BCUT2D eigenvalue weighted by molar-refractivity contribution is 5.91. The number of fused-ring (bicyclic) bond motifs is 1. The Morgan fingerprint density at radius 2 is 2.40 bits per heavy atom. The van der Waals surface area contributed by atoms with Crippen LogP contribution < -0.4 is 5.32 Å². The van der Waals surface area contributed by atoms with Gasteiger partial charge in [0, 0.05) is 25.0 Å². The molecule has 5 heteroatoms. The van der Waals surface area contributed by atoms with Gasteiger partial charge in [0.15, 0.2) is 0 Å². The van der Waals surface area contributed by atoms with Gasteiger partial charge in [-0.15, -0.1) is 0 Å². The van der Waals surface area contributed by atoms with E-state index in [0.29, 0.717) is 6.54 Å². The summed E-state index contributed by atoms with van der Waals surface area (Å²) in [7, 11) is 0. The van der Waals surface area contributed by atoms with Crippen LogP contribution in [0.2, 0.25) is 0 Å². The fraction of sp³-hybridized carbons (Fsp3) is 0.400. The molecule has 0 bridgehead atoms. The Morgan fingerprint density at radius 1 is 1.53 bits per heavy atom. The maximum Gasteiger partial charge on any atom is 0.137 e. The Bertz CT molecular complexity index is 452. The van der Waals surface area contributed by atoms with Crippen LogP contribution in [0.1, 0.15) is 12.1 Å². The van der Waals surface area contributed by atoms with E-state index in [1.165, 1.54) is 0 Å².